The molecular formula is C71H86N2O11. The monoisotopic (exact) mass is 1140 g/mol. The fourth-order valence-electron chi connectivity index (χ4n) is 26.5. The Balaban J connectivity index is 0.863. The molecule has 18 rings (SSSR count). The third-order valence-electron chi connectivity index (χ3n) is 28.9. The highest BCUT2D eigenvalue weighted by atomic mass is 16.7. The molecule has 84 heavy (non-hydrogen) atoms. The molecular weight excluding hydrogens is 1060 g/mol. The third-order valence-corrected chi connectivity index (χ3v) is 28.9. The number of nitrogens with zero attached hydrogens (tertiary/aromatic N) is 1. The molecule has 0 unspecified atom stereocenters. The Hall–Kier alpha value is -4.29. The predicted molar refractivity (Wildman–Crippen MR) is 306 cm³/mol. The number of carbonyl (C=O) groups excluding carboxylic acids is 3. The molecule has 9 bridgehead atoms. The number of ketones is 1. The van der Waals surface area contributed by atoms with Crippen LogP contribution >= 0.6 is 0 Å². The van der Waals surface area contributed by atoms with Gasteiger partial charge < -0.3 is 43.6 Å². The van der Waals surface area contributed by atoms with Crippen LogP contribution < -0.4 is 5.32 Å². The smallest absolute Gasteiger partial charge is 0.339 e. The minimum Gasteiger partial charge on any atom is -0.469 e. The number of allylic oxidation sites excluding steroid dienone is 1. The van der Waals surface area contributed by atoms with Gasteiger partial charge in [-0.2, -0.15) is 0 Å². The molecule has 26 atom stereocenters. The maximum Gasteiger partial charge on any atom is 0.339 e. The minimum atomic E-state index is -1.55. The molecule has 1 aromatic carbocycles. The second-order valence-electron chi connectivity index (χ2n) is 31.4. The number of ether oxygens (including phenoxy) is 4. The number of aliphatic hydroxyl groups is 3. The maximum atomic E-state index is 17.6. The summed E-state index contributed by atoms with van der Waals surface area (Å²) in [7, 11) is 0. The van der Waals surface area contributed by atoms with E-state index in [1.165, 1.54) is 11.1 Å². The quantitative estimate of drug-likeness (QED) is 0.0812. The molecule has 4 N–H and O–H groups in total. The molecule has 8 heterocycles. The van der Waals surface area contributed by atoms with Crippen molar-refractivity contribution in [1.29, 1.82) is 0 Å². The normalized spacial score (nSPS) is 52.2. The number of carbonyl (C=O) groups is 3. The number of benzene rings is 1. The molecule has 7 aliphatic heterocycles. The fourth-order valence-corrected chi connectivity index (χ4v) is 26.5. The SMILES string of the molecule is CC(C)[C@H]1CCC[C@]23O[C@]45C(=C[C@H]12)C[C@H]1CCC[C@]12C[C@@H]1C[C@]6(C)[C@]78O[C@@H]7C(=O)O[C@]6(c6ccoc6C[C@@H]([C@@H]6CC[C@H]7[C@H](C=CN9CNC[C@H]79)C6)[C@H](O)CO)CC#C[C@H]6CC[C@@H](Cc7ccccc7)C[C@H]6[C@]86[C@H](O)C(=O)[C@H]3[C@@]4(COC(=O)[C@@H]25)[C@@H]16. The molecule has 1 aromatic heterocycles. The summed E-state index contributed by atoms with van der Waals surface area (Å²) in [5, 5.41) is 41.5. The van der Waals surface area contributed by atoms with Crippen molar-refractivity contribution < 1.29 is 53.1 Å². The standard InChI is InChI=1S/C71H86N2O11/c1-38(2)47-14-9-22-67-52(47)30-46-29-45-13-8-21-65(45)33-44-32-64(3)68(50-20-25-80-55(50)31-49(54(75)35-74)42-17-18-48-43(28-42)19-24-73-37-72-34-53(48)73)23-7-12-41-16-15-40(26-39-10-5-4-6-11-39)27-51(41)69(71(64)61(82-71)63(79)83-68)57(44)66(58(67)56(76)60(69)77)36-81-62(78)59(65)70(46,66)84-67/h4-6,10-11,19-20,24-25,30,38,40-45,47-49,51-54,57-61,72,74-75,77H,8-9,13-18,21-23,26-29,31-37H2,1-3H3/t40-,41-,42+,43+,44-,45+,47+,48-,49-,51+,52+,53+,54+,57+,58-,59-,60+,61+,64-,65-,66+,67-,68-,69-,70-,71+/m0/s1. The van der Waals surface area contributed by atoms with Crippen LogP contribution in [0, 0.1) is 122 Å². The van der Waals surface area contributed by atoms with Gasteiger partial charge in [0.15, 0.2) is 17.5 Å². The first kappa shape index (κ1) is 52.8. The topological polar surface area (TPSA) is 181 Å². The molecule has 446 valence electrons. The van der Waals surface area contributed by atoms with Gasteiger partial charge in [0, 0.05) is 47.2 Å². The van der Waals surface area contributed by atoms with Crippen LogP contribution in [0.25, 0.3) is 0 Å². The number of nitrogens with one attached hydrogen (secondary N) is 1. The van der Waals surface area contributed by atoms with Gasteiger partial charge in [0.25, 0.3) is 0 Å². The number of esters is 2. The zero-order chi connectivity index (χ0) is 56.9. The van der Waals surface area contributed by atoms with Crippen molar-refractivity contribution in [3.8, 4) is 11.8 Å². The van der Waals surface area contributed by atoms with Crippen LogP contribution in [0.15, 0.2) is 71.0 Å². The molecule has 6 spiro atoms. The van der Waals surface area contributed by atoms with Gasteiger partial charge in [-0.15, -0.1) is 0 Å². The molecule has 13 fully saturated rings. The number of Topliss-reactive ketones (excluding diaryl/α,β-unsaturated/α-hetero) is 1. The van der Waals surface area contributed by atoms with Crippen molar-refractivity contribution in [2.45, 2.75) is 183 Å². The number of hydrogen-bond donors (Lipinski definition) is 4. The molecule has 9 aliphatic carbocycles. The van der Waals surface area contributed by atoms with Crippen molar-refractivity contribution in [2.24, 2.45) is 110 Å². The van der Waals surface area contributed by atoms with Gasteiger partial charge in [-0.25, -0.2) is 4.79 Å². The zero-order valence-corrected chi connectivity index (χ0v) is 49.4. The van der Waals surface area contributed by atoms with Gasteiger partial charge in [-0.05, 0) is 184 Å². The van der Waals surface area contributed by atoms with Crippen LogP contribution in [0.2, 0.25) is 0 Å². The summed E-state index contributed by atoms with van der Waals surface area (Å²) in [5.74, 6) is 6.33. The van der Waals surface area contributed by atoms with E-state index >= 15 is 14.4 Å². The minimum absolute atomic E-state index is 0.0334. The van der Waals surface area contributed by atoms with Crippen LogP contribution in [-0.4, -0.2) is 106 Å². The van der Waals surface area contributed by atoms with E-state index in [-0.39, 0.29) is 78.0 Å². The number of fused-ring (bicyclic) bond motifs is 4. The van der Waals surface area contributed by atoms with Gasteiger partial charge >= 0.3 is 11.9 Å². The van der Waals surface area contributed by atoms with E-state index < -0.39 is 92.7 Å². The molecule has 2 aromatic rings. The first-order valence-electron chi connectivity index (χ1n) is 33.4. The van der Waals surface area contributed by atoms with Crippen molar-refractivity contribution in [3.05, 3.63) is 83.5 Å². The highest BCUT2D eigenvalue weighted by Crippen LogP contribution is 2.91. The predicted octanol–water partition coefficient (Wildman–Crippen LogP) is 8.62. The molecule has 0 amide bonds. The fraction of sp³-hybridized carbons (Fsp3) is 0.732. The lowest BCUT2D eigenvalue weighted by Crippen LogP contribution is -2.84. The largest absolute Gasteiger partial charge is 0.469 e. The van der Waals surface area contributed by atoms with Crippen LogP contribution in [0.4, 0.5) is 0 Å². The average molecular weight is 1140 g/mol. The molecule has 13 nitrogen and oxygen atoms in total. The summed E-state index contributed by atoms with van der Waals surface area (Å²) in [5.41, 5.74) is -5.91. The highest BCUT2D eigenvalue weighted by Gasteiger charge is 3.00. The number of hydrogen-bond acceptors (Lipinski definition) is 13. The Labute approximate surface area is 494 Å². The number of rotatable bonds is 9. The number of cyclic esters (lactones) is 1. The first-order valence-corrected chi connectivity index (χ1v) is 33.4. The summed E-state index contributed by atoms with van der Waals surface area (Å²) >= 11 is 0. The third kappa shape index (κ3) is 5.93. The second kappa shape index (κ2) is 17.5. The van der Waals surface area contributed by atoms with Gasteiger partial charge in [0.1, 0.15) is 29.7 Å². The molecule has 16 aliphatic rings. The Kier molecular flexibility index (Phi) is 11.0. The van der Waals surface area contributed by atoms with Gasteiger partial charge in [0.05, 0.1) is 54.9 Å². The van der Waals surface area contributed by atoms with Crippen LogP contribution in [0.5, 0.6) is 0 Å². The van der Waals surface area contributed by atoms with Gasteiger partial charge in [-0.1, -0.05) is 87.9 Å². The van der Waals surface area contributed by atoms with E-state index in [4.69, 9.17) is 23.4 Å². The van der Waals surface area contributed by atoms with E-state index in [0.717, 1.165) is 90.3 Å². The average Bonchev–Trinajstić information content (AvgIpc) is 1.40. The summed E-state index contributed by atoms with van der Waals surface area (Å²) < 4.78 is 37.4. The van der Waals surface area contributed by atoms with E-state index in [9.17, 15) is 15.3 Å². The van der Waals surface area contributed by atoms with Crippen LogP contribution in [0.1, 0.15) is 140 Å². The Morgan fingerprint density at radius 3 is 2.65 bits per heavy atom. The lowest BCUT2D eigenvalue weighted by Gasteiger charge is -2.74. The van der Waals surface area contributed by atoms with Crippen molar-refractivity contribution in [2.75, 3.05) is 26.4 Å². The molecule has 8 saturated carbocycles. The van der Waals surface area contributed by atoms with E-state index in [1.54, 1.807) is 6.26 Å². The lowest BCUT2D eigenvalue weighted by molar-refractivity contribution is -0.315. The first-order chi connectivity index (χ1) is 40.7. The Bertz CT molecular complexity index is 3270. The summed E-state index contributed by atoms with van der Waals surface area (Å²) in [6, 6.07) is 13.1. The molecule has 13 heteroatoms. The molecule has 0 radical (unpaired) electrons. The summed E-state index contributed by atoms with van der Waals surface area (Å²) in [6.45, 7) is 8.40. The van der Waals surface area contributed by atoms with E-state index in [2.05, 4.69) is 91.5 Å². The number of furan rings is 1. The number of aliphatic hydroxyl groups excluding tert-OH is 3. The Morgan fingerprint density at radius 2 is 1.81 bits per heavy atom. The second-order valence-corrected chi connectivity index (χ2v) is 31.4. The van der Waals surface area contributed by atoms with Gasteiger partial charge in [0.2, 0.25) is 0 Å². The van der Waals surface area contributed by atoms with Gasteiger partial charge in [-0.3, -0.25) is 14.9 Å². The number of epoxide rings is 1. The maximum absolute atomic E-state index is 17.6. The summed E-state index contributed by atoms with van der Waals surface area (Å²) in [6.07, 6.45) is 19.3. The van der Waals surface area contributed by atoms with Crippen molar-refractivity contribution in [3.63, 3.8) is 0 Å². The summed E-state index contributed by atoms with van der Waals surface area (Å²) in [4.78, 5) is 51.8. The van der Waals surface area contributed by atoms with Crippen molar-refractivity contribution in [1.82, 2.24) is 10.2 Å². The van der Waals surface area contributed by atoms with Crippen molar-refractivity contribution >= 4 is 17.7 Å². The molecule has 5 saturated heterocycles. The lowest BCUT2D eigenvalue weighted by atomic mass is 9.28. The van der Waals surface area contributed by atoms with E-state index in [0.29, 0.717) is 67.2 Å². The highest BCUT2D eigenvalue weighted by molar-refractivity contribution is 5.94. The Morgan fingerprint density at radius 1 is 0.952 bits per heavy atom. The zero-order valence-electron chi connectivity index (χ0n) is 49.4. The van der Waals surface area contributed by atoms with E-state index in [1.807, 2.05) is 6.07 Å². The van der Waals surface area contributed by atoms with Crippen LogP contribution in [-0.2, 0) is 51.8 Å². The van der Waals surface area contributed by atoms with Crippen LogP contribution in [0.3, 0.4) is 0 Å².